The van der Waals surface area contributed by atoms with E-state index in [1.54, 1.807) is 0 Å². The molecule has 0 heterocycles. The Morgan fingerprint density at radius 3 is 2.06 bits per heavy atom. The number of nitrogens with one attached hydrogen (secondary N) is 1. The number of rotatable bonds is 6. The lowest BCUT2D eigenvalue weighted by Crippen LogP contribution is -2.45. The van der Waals surface area contributed by atoms with Crippen molar-refractivity contribution in [2.75, 3.05) is 26.7 Å². The largest absolute Gasteiger partial charge is 0.319 e. The normalized spacial score (nSPS) is 13.9. The van der Waals surface area contributed by atoms with E-state index in [9.17, 15) is 17.6 Å². The number of alkyl halides is 4. The van der Waals surface area contributed by atoms with Crippen LogP contribution in [0, 0.1) is 0 Å². The number of nitrogens with zero attached hydrogens (tertiary/aromatic N) is 1. The summed E-state index contributed by atoms with van der Waals surface area (Å²) < 4.78 is 49.1. The van der Waals surface area contributed by atoms with Gasteiger partial charge in [-0.25, -0.2) is 8.78 Å². The van der Waals surface area contributed by atoms with Gasteiger partial charge in [0.15, 0.2) is 0 Å². The monoisotopic (exact) mass is 244 g/mol. The van der Waals surface area contributed by atoms with Crippen LogP contribution in [-0.4, -0.2) is 49.5 Å². The van der Waals surface area contributed by atoms with Gasteiger partial charge in [0.05, 0.1) is 6.54 Å². The maximum atomic E-state index is 12.6. The smallest absolute Gasteiger partial charge is 0.311 e. The van der Waals surface area contributed by atoms with Crippen molar-refractivity contribution in [3.63, 3.8) is 0 Å². The van der Waals surface area contributed by atoms with Crippen molar-refractivity contribution in [3.8, 4) is 0 Å². The lowest BCUT2D eigenvalue weighted by Gasteiger charge is -2.26. The van der Waals surface area contributed by atoms with E-state index in [2.05, 4.69) is 5.32 Å². The first-order valence-corrected chi connectivity index (χ1v) is 5.14. The summed E-state index contributed by atoms with van der Waals surface area (Å²) in [5.41, 5.74) is -0.105. The maximum Gasteiger partial charge on any atom is 0.319 e. The van der Waals surface area contributed by atoms with Crippen molar-refractivity contribution >= 4 is 0 Å². The number of hydrogen-bond acceptors (Lipinski definition) is 2. The van der Waals surface area contributed by atoms with Crippen molar-refractivity contribution in [1.82, 2.24) is 10.2 Å². The van der Waals surface area contributed by atoms with Gasteiger partial charge in [-0.1, -0.05) is 0 Å². The molecule has 16 heavy (non-hydrogen) atoms. The van der Waals surface area contributed by atoms with Gasteiger partial charge in [0.1, 0.15) is 0 Å². The van der Waals surface area contributed by atoms with E-state index in [0.717, 1.165) is 0 Å². The maximum absolute atomic E-state index is 12.6. The van der Waals surface area contributed by atoms with Crippen LogP contribution in [-0.2, 0) is 0 Å². The first-order chi connectivity index (χ1) is 7.04. The first kappa shape index (κ1) is 15.6. The number of hydrogen-bond donors (Lipinski definition) is 1. The van der Waals surface area contributed by atoms with Crippen LogP contribution < -0.4 is 5.32 Å². The fourth-order valence-electron chi connectivity index (χ4n) is 1.13. The molecule has 1 N–H and O–H groups in total. The molecule has 2 nitrogen and oxygen atoms in total. The van der Waals surface area contributed by atoms with Crippen LogP contribution in [0.15, 0.2) is 0 Å². The Bertz CT molecular complexity index is 201. The van der Waals surface area contributed by atoms with Crippen molar-refractivity contribution in [2.45, 2.75) is 38.7 Å². The Morgan fingerprint density at radius 2 is 1.69 bits per heavy atom. The minimum Gasteiger partial charge on any atom is -0.311 e. The van der Waals surface area contributed by atoms with Crippen LogP contribution in [0.25, 0.3) is 0 Å². The number of likely N-dealkylation sites (N-methyl/N-ethyl adjacent to an activating group) is 1. The zero-order chi connectivity index (χ0) is 13.0. The molecule has 0 aromatic rings. The average molecular weight is 244 g/mol. The van der Waals surface area contributed by atoms with Gasteiger partial charge in [0, 0.05) is 18.6 Å². The van der Waals surface area contributed by atoms with E-state index in [4.69, 9.17) is 0 Å². The Morgan fingerprint density at radius 1 is 1.19 bits per heavy atom. The highest BCUT2D eigenvalue weighted by Crippen LogP contribution is 2.23. The molecule has 0 aromatic carbocycles. The molecular weight excluding hydrogens is 224 g/mol. The SMILES string of the molecule is CN(CCNC(C)(C)C)CC(F)(F)C(F)F. The summed E-state index contributed by atoms with van der Waals surface area (Å²) in [6.07, 6.45) is -3.61. The predicted molar refractivity (Wildman–Crippen MR) is 56.2 cm³/mol. The van der Waals surface area contributed by atoms with Crippen molar-refractivity contribution < 1.29 is 17.6 Å². The fourth-order valence-corrected chi connectivity index (χ4v) is 1.13. The average Bonchev–Trinajstić information content (AvgIpc) is 1.99. The Labute approximate surface area is 94.0 Å². The van der Waals surface area contributed by atoms with Gasteiger partial charge < -0.3 is 5.32 Å². The standard InChI is InChI=1S/C10H20F4N2/c1-9(2,3)15-5-6-16(4)7-10(13,14)8(11)12/h8,15H,5-7H2,1-4H3. The Hall–Kier alpha value is -0.360. The lowest BCUT2D eigenvalue weighted by atomic mass is 10.1. The highest BCUT2D eigenvalue weighted by molar-refractivity contribution is 4.75. The summed E-state index contributed by atoms with van der Waals surface area (Å²) in [4.78, 5) is 1.20. The summed E-state index contributed by atoms with van der Waals surface area (Å²) >= 11 is 0. The van der Waals surface area contributed by atoms with Gasteiger partial charge >= 0.3 is 12.3 Å². The van der Waals surface area contributed by atoms with Crippen LogP contribution in [0.1, 0.15) is 20.8 Å². The molecule has 0 saturated heterocycles. The molecule has 0 aromatic heterocycles. The van der Waals surface area contributed by atoms with Gasteiger partial charge in [0.25, 0.3) is 0 Å². The topological polar surface area (TPSA) is 15.3 Å². The molecule has 6 heteroatoms. The second kappa shape index (κ2) is 5.82. The van der Waals surface area contributed by atoms with Crippen molar-refractivity contribution in [1.29, 1.82) is 0 Å². The highest BCUT2D eigenvalue weighted by atomic mass is 19.3. The molecular formula is C10H20F4N2. The van der Waals surface area contributed by atoms with Crippen molar-refractivity contribution in [3.05, 3.63) is 0 Å². The Balaban J connectivity index is 3.87. The fraction of sp³-hybridized carbons (Fsp3) is 1.00. The van der Waals surface area contributed by atoms with Gasteiger partial charge in [-0.15, -0.1) is 0 Å². The van der Waals surface area contributed by atoms with Gasteiger partial charge in [-0.2, -0.15) is 8.78 Å². The minimum atomic E-state index is -3.93. The van der Waals surface area contributed by atoms with E-state index >= 15 is 0 Å². The molecule has 0 atom stereocenters. The molecule has 0 aliphatic carbocycles. The quantitative estimate of drug-likeness (QED) is 0.721. The lowest BCUT2D eigenvalue weighted by molar-refractivity contribution is -0.139. The molecule has 0 unspecified atom stereocenters. The molecule has 0 fully saturated rings. The van der Waals surface area contributed by atoms with E-state index in [0.29, 0.717) is 13.1 Å². The number of halogens is 4. The summed E-state index contributed by atoms with van der Waals surface area (Å²) in [6.45, 7) is 5.71. The van der Waals surface area contributed by atoms with Crippen LogP contribution in [0.3, 0.4) is 0 Å². The zero-order valence-corrected chi connectivity index (χ0v) is 10.2. The third-order valence-corrected chi connectivity index (χ3v) is 1.95. The third-order valence-electron chi connectivity index (χ3n) is 1.95. The minimum absolute atomic E-state index is 0.105. The van der Waals surface area contributed by atoms with E-state index in [-0.39, 0.29) is 5.54 Å². The van der Waals surface area contributed by atoms with Crippen LogP contribution >= 0.6 is 0 Å². The first-order valence-electron chi connectivity index (χ1n) is 5.14. The summed E-state index contributed by atoms with van der Waals surface area (Å²) in [6, 6.07) is 0. The van der Waals surface area contributed by atoms with Gasteiger partial charge in [-0.3, -0.25) is 4.90 Å². The molecule has 0 aliphatic rings. The van der Waals surface area contributed by atoms with E-state index < -0.39 is 18.9 Å². The summed E-state index contributed by atoms with van der Waals surface area (Å²) in [5, 5.41) is 3.09. The zero-order valence-electron chi connectivity index (χ0n) is 10.2. The molecule has 0 aliphatic heterocycles. The highest BCUT2D eigenvalue weighted by Gasteiger charge is 2.41. The molecule has 0 amide bonds. The van der Waals surface area contributed by atoms with E-state index in [1.807, 2.05) is 20.8 Å². The molecule has 0 saturated carbocycles. The molecule has 0 radical (unpaired) electrons. The van der Waals surface area contributed by atoms with Crippen LogP contribution in [0.4, 0.5) is 17.6 Å². The van der Waals surface area contributed by atoms with Gasteiger partial charge in [0.2, 0.25) is 0 Å². The second-order valence-corrected chi connectivity index (χ2v) is 4.98. The molecule has 0 bridgehead atoms. The van der Waals surface area contributed by atoms with Gasteiger partial charge in [-0.05, 0) is 27.8 Å². The van der Waals surface area contributed by atoms with E-state index in [1.165, 1.54) is 11.9 Å². The summed E-state index contributed by atoms with van der Waals surface area (Å²) in [7, 11) is 1.40. The third kappa shape index (κ3) is 7.00. The molecule has 0 rings (SSSR count). The van der Waals surface area contributed by atoms with Crippen LogP contribution in [0.2, 0.25) is 0 Å². The Kier molecular flexibility index (Phi) is 5.69. The van der Waals surface area contributed by atoms with Crippen LogP contribution in [0.5, 0.6) is 0 Å². The summed E-state index contributed by atoms with van der Waals surface area (Å²) in [5.74, 6) is -3.93. The molecule has 98 valence electrons. The second-order valence-electron chi connectivity index (χ2n) is 4.98. The predicted octanol–water partition coefficient (Wildman–Crippen LogP) is 2.21. The van der Waals surface area contributed by atoms with Crippen molar-refractivity contribution in [2.24, 2.45) is 0 Å². The molecule has 0 spiro atoms.